The second-order valence-corrected chi connectivity index (χ2v) is 6.40. The van der Waals surface area contributed by atoms with Crippen molar-refractivity contribution in [3.05, 3.63) is 40.4 Å². The maximum atomic E-state index is 12.2. The van der Waals surface area contributed by atoms with Crippen molar-refractivity contribution in [2.45, 2.75) is 19.8 Å². The van der Waals surface area contributed by atoms with Gasteiger partial charge in [0.2, 0.25) is 5.91 Å². The highest BCUT2D eigenvalue weighted by molar-refractivity contribution is 6.30. The summed E-state index contributed by atoms with van der Waals surface area (Å²) in [5.41, 5.74) is 1.65. The number of benzene rings is 1. The van der Waals surface area contributed by atoms with Crippen molar-refractivity contribution < 1.29 is 4.79 Å². The third kappa shape index (κ3) is 5.70. The van der Waals surface area contributed by atoms with E-state index >= 15 is 0 Å². The number of hydrogen-bond acceptors (Lipinski definition) is 3. The summed E-state index contributed by atoms with van der Waals surface area (Å²) in [5, 5.41) is 12.4. The van der Waals surface area contributed by atoms with Gasteiger partial charge in [-0.05, 0) is 62.5 Å². The van der Waals surface area contributed by atoms with Crippen LogP contribution in [0.4, 0.5) is 0 Å². The first kappa shape index (κ1) is 17.5. The Labute approximate surface area is 142 Å². The fourth-order valence-electron chi connectivity index (χ4n) is 2.70. The van der Waals surface area contributed by atoms with Gasteiger partial charge >= 0.3 is 0 Å². The van der Waals surface area contributed by atoms with Gasteiger partial charge in [-0.25, -0.2) is 0 Å². The van der Waals surface area contributed by atoms with Crippen LogP contribution in [0.25, 0.3) is 6.08 Å². The molecule has 5 heteroatoms. The number of nitrogens with one attached hydrogen (secondary N) is 1. The number of carbonyl (C=O) groups is 1. The van der Waals surface area contributed by atoms with Crippen LogP contribution in [0.1, 0.15) is 25.3 Å². The van der Waals surface area contributed by atoms with Crippen molar-refractivity contribution in [3.8, 4) is 6.07 Å². The van der Waals surface area contributed by atoms with Crippen LogP contribution in [0.5, 0.6) is 0 Å². The molecule has 1 fully saturated rings. The Balaban J connectivity index is 1.78. The summed E-state index contributed by atoms with van der Waals surface area (Å²) < 4.78 is 0. The van der Waals surface area contributed by atoms with Gasteiger partial charge in [0.25, 0.3) is 0 Å². The molecule has 1 saturated heterocycles. The zero-order valence-corrected chi connectivity index (χ0v) is 14.1. The summed E-state index contributed by atoms with van der Waals surface area (Å²) in [6.07, 6.45) is 3.92. The molecule has 1 aromatic rings. The molecule has 0 saturated carbocycles. The van der Waals surface area contributed by atoms with Crippen molar-refractivity contribution in [1.29, 1.82) is 5.26 Å². The van der Waals surface area contributed by atoms with Crippen LogP contribution in [-0.4, -0.2) is 37.0 Å². The smallest absolute Gasteiger partial charge is 0.246 e. The van der Waals surface area contributed by atoms with E-state index in [-0.39, 0.29) is 5.91 Å². The van der Waals surface area contributed by atoms with Gasteiger partial charge in [-0.15, -0.1) is 0 Å². The first-order chi connectivity index (χ1) is 11.1. The number of carbonyl (C=O) groups excluding carboxylic acids is 1. The Morgan fingerprint density at radius 2 is 2.04 bits per heavy atom. The zero-order chi connectivity index (χ0) is 16.7. The van der Waals surface area contributed by atoms with Gasteiger partial charge in [-0.2, -0.15) is 5.26 Å². The Morgan fingerprint density at radius 3 is 2.65 bits per heavy atom. The average molecular weight is 332 g/mol. The lowest BCUT2D eigenvalue weighted by Crippen LogP contribution is -2.38. The van der Waals surface area contributed by atoms with Gasteiger partial charge in [-0.1, -0.05) is 23.7 Å². The lowest BCUT2D eigenvalue weighted by molar-refractivity contribution is -0.117. The first-order valence-corrected chi connectivity index (χ1v) is 8.27. The molecular formula is C18H22ClN3O. The molecule has 1 heterocycles. The molecule has 0 aliphatic carbocycles. The molecule has 0 unspecified atom stereocenters. The predicted octanol–water partition coefficient (Wildman–Crippen LogP) is 3.10. The standard InChI is InChI=1S/C18H22ClN3O/c1-14(12-15-2-4-17(19)5-3-15)18(23)21-13-16-6-9-22(10-7-16)11-8-20/h2-5,12,16H,6-7,9-11,13H2,1H3,(H,21,23). The monoisotopic (exact) mass is 331 g/mol. The van der Waals surface area contributed by atoms with Gasteiger partial charge in [0.05, 0.1) is 12.6 Å². The molecule has 0 spiro atoms. The summed E-state index contributed by atoms with van der Waals surface area (Å²) in [4.78, 5) is 14.3. The lowest BCUT2D eigenvalue weighted by atomic mass is 9.96. The third-order valence-electron chi connectivity index (χ3n) is 4.16. The van der Waals surface area contributed by atoms with Gasteiger partial charge in [-0.3, -0.25) is 9.69 Å². The number of hydrogen-bond donors (Lipinski definition) is 1. The van der Waals surface area contributed by atoms with Crippen molar-refractivity contribution in [2.24, 2.45) is 5.92 Å². The summed E-state index contributed by atoms with van der Waals surface area (Å²) >= 11 is 5.86. The summed E-state index contributed by atoms with van der Waals surface area (Å²) in [7, 11) is 0. The topological polar surface area (TPSA) is 56.1 Å². The van der Waals surface area contributed by atoms with Crippen molar-refractivity contribution >= 4 is 23.6 Å². The van der Waals surface area contributed by atoms with Crippen LogP contribution in [0.3, 0.4) is 0 Å². The van der Waals surface area contributed by atoms with E-state index in [2.05, 4.69) is 16.3 Å². The van der Waals surface area contributed by atoms with E-state index in [1.165, 1.54) is 0 Å². The molecule has 2 rings (SSSR count). The van der Waals surface area contributed by atoms with Gasteiger partial charge < -0.3 is 5.32 Å². The highest BCUT2D eigenvalue weighted by atomic mass is 35.5. The molecule has 1 aromatic carbocycles. The Bertz CT molecular complexity index is 596. The SMILES string of the molecule is CC(=Cc1ccc(Cl)cc1)C(=O)NCC1CCN(CC#N)CC1. The molecule has 122 valence electrons. The van der Waals surface area contributed by atoms with Crippen LogP contribution >= 0.6 is 11.6 Å². The van der Waals surface area contributed by atoms with E-state index < -0.39 is 0 Å². The summed E-state index contributed by atoms with van der Waals surface area (Å²) in [5.74, 6) is 0.469. The number of amides is 1. The highest BCUT2D eigenvalue weighted by Crippen LogP contribution is 2.16. The van der Waals surface area contributed by atoms with E-state index in [4.69, 9.17) is 16.9 Å². The van der Waals surface area contributed by atoms with Gasteiger partial charge in [0.1, 0.15) is 0 Å². The summed E-state index contributed by atoms with van der Waals surface area (Å²) in [6.45, 7) is 4.90. The predicted molar refractivity (Wildman–Crippen MR) is 92.9 cm³/mol. The van der Waals surface area contributed by atoms with E-state index in [0.717, 1.165) is 31.5 Å². The molecule has 0 aromatic heterocycles. The van der Waals surface area contributed by atoms with Crippen LogP contribution < -0.4 is 5.32 Å². The van der Waals surface area contributed by atoms with Gasteiger partial charge in [0, 0.05) is 17.1 Å². The summed E-state index contributed by atoms with van der Waals surface area (Å²) in [6, 6.07) is 9.60. The van der Waals surface area contributed by atoms with Crippen molar-refractivity contribution in [1.82, 2.24) is 10.2 Å². The maximum Gasteiger partial charge on any atom is 0.246 e. The molecule has 0 atom stereocenters. The molecular weight excluding hydrogens is 310 g/mol. The number of nitrogens with zero attached hydrogens (tertiary/aromatic N) is 2. The Morgan fingerprint density at radius 1 is 1.39 bits per heavy atom. The van der Waals surface area contributed by atoms with Crippen LogP contribution in [-0.2, 0) is 4.79 Å². The molecule has 4 nitrogen and oxygen atoms in total. The highest BCUT2D eigenvalue weighted by Gasteiger charge is 2.19. The van der Waals surface area contributed by atoms with Crippen molar-refractivity contribution in [3.63, 3.8) is 0 Å². The average Bonchev–Trinajstić information content (AvgIpc) is 2.56. The zero-order valence-electron chi connectivity index (χ0n) is 13.4. The number of halogens is 1. The second-order valence-electron chi connectivity index (χ2n) is 5.97. The lowest BCUT2D eigenvalue weighted by Gasteiger charge is -2.30. The van der Waals surface area contributed by atoms with Crippen LogP contribution in [0, 0.1) is 17.2 Å². The molecule has 1 amide bonds. The molecule has 1 aliphatic heterocycles. The van der Waals surface area contributed by atoms with Crippen molar-refractivity contribution in [2.75, 3.05) is 26.2 Å². The van der Waals surface area contributed by atoms with E-state index in [0.29, 0.717) is 29.6 Å². The molecule has 1 N–H and O–H groups in total. The Kier molecular flexibility index (Phi) is 6.64. The number of likely N-dealkylation sites (tertiary alicyclic amines) is 1. The number of piperidine rings is 1. The number of nitriles is 1. The maximum absolute atomic E-state index is 12.2. The van der Waals surface area contributed by atoms with Crippen LogP contribution in [0.2, 0.25) is 5.02 Å². The normalized spacial score (nSPS) is 16.8. The van der Waals surface area contributed by atoms with E-state index in [1.807, 2.05) is 37.3 Å². The molecule has 1 aliphatic rings. The second kappa shape index (κ2) is 8.71. The minimum Gasteiger partial charge on any atom is -0.352 e. The first-order valence-electron chi connectivity index (χ1n) is 7.90. The fourth-order valence-corrected chi connectivity index (χ4v) is 2.83. The minimum atomic E-state index is -0.0283. The van der Waals surface area contributed by atoms with Gasteiger partial charge in [0.15, 0.2) is 0 Å². The third-order valence-corrected chi connectivity index (χ3v) is 4.42. The molecule has 0 bridgehead atoms. The van der Waals surface area contributed by atoms with E-state index in [1.54, 1.807) is 0 Å². The quantitative estimate of drug-likeness (QED) is 0.666. The molecule has 23 heavy (non-hydrogen) atoms. The fraction of sp³-hybridized carbons (Fsp3) is 0.444. The molecule has 0 radical (unpaired) electrons. The largest absolute Gasteiger partial charge is 0.352 e. The van der Waals surface area contributed by atoms with E-state index in [9.17, 15) is 4.79 Å². The number of rotatable bonds is 5. The minimum absolute atomic E-state index is 0.0283. The van der Waals surface area contributed by atoms with Crippen LogP contribution in [0.15, 0.2) is 29.8 Å². The Hall–Kier alpha value is -1.83.